The van der Waals surface area contributed by atoms with Crippen LogP contribution in [-0.2, 0) is 6.54 Å². The summed E-state index contributed by atoms with van der Waals surface area (Å²) in [5.74, 6) is 0. The molecule has 0 saturated heterocycles. The van der Waals surface area contributed by atoms with Gasteiger partial charge < -0.3 is 5.32 Å². The van der Waals surface area contributed by atoms with Crippen molar-refractivity contribution in [3.8, 4) is 12.1 Å². The number of nitriles is 2. The van der Waals surface area contributed by atoms with Crippen molar-refractivity contribution in [3.63, 3.8) is 0 Å². The average molecular weight is 247 g/mol. The van der Waals surface area contributed by atoms with Crippen LogP contribution in [-0.4, -0.2) is 0 Å². The first-order chi connectivity index (χ1) is 9.22. The third-order valence-electron chi connectivity index (χ3n) is 2.86. The van der Waals surface area contributed by atoms with Gasteiger partial charge in [0.1, 0.15) is 6.07 Å². The Bertz CT molecular complexity index is 658. The Morgan fingerprint density at radius 3 is 2.37 bits per heavy atom. The Balaban J connectivity index is 2.10. The molecule has 0 aromatic heterocycles. The maximum Gasteiger partial charge on any atom is 0.101 e. The van der Waals surface area contributed by atoms with Crippen LogP contribution in [0.2, 0.25) is 0 Å². The summed E-state index contributed by atoms with van der Waals surface area (Å²) in [6, 6.07) is 17.4. The molecule has 0 radical (unpaired) electrons. The molecule has 0 bridgehead atoms. The molecule has 3 heteroatoms. The van der Waals surface area contributed by atoms with Crippen LogP contribution in [0.4, 0.5) is 5.69 Å². The summed E-state index contributed by atoms with van der Waals surface area (Å²) in [7, 11) is 0. The van der Waals surface area contributed by atoms with Gasteiger partial charge in [0.25, 0.3) is 0 Å². The van der Waals surface area contributed by atoms with Crippen molar-refractivity contribution in [2.45, 2.75) is 13.5 Å². The third kappa shape index (κ3) is 3.12. The minimum Gasteiger partial charge on any atom is -0.380 e. The van der Waals surface area contributed by atoms with Gasteiger partial charge in [-0.1, -0.05) is 18.2 Å². The van der Waals surface area contributed by atoms with E-state index in [1.807, 2.05) is 37.3 Å². The lowest BCUT2D eigenvalue weighted by molar-refractivity contribution is 1.14. The molecule has 3 nitrogen and oxygen atoms in total. The fourth-order valence-electron chi connectivity index (χ4n) is 1.80. The van der Waals surface area contributed by atoms with E-state index in [4.69, 9.17) is 10.5 Å². The molecule has 0 heterocycles. The van der Waals surface area contributed by atoms with Crippen molar-refractivity contribution < 1.29 is 0 Å². The predicted octanol–water partition coefficient (Wildman–Crippen LogP) is 3.35. The van der Waals surface area contributed by atoms with Gasteiger partial charge in [-0.15, -0.1) is 0 Å². The summed E-state index contributed by atoms with van der Waals surface area (Å²) in [5, 5.41) is 21.1. The summed E-state index contributed by atoms with van der Waals surface area (Å²) < 4.78 is 0. The van der Waals surface area contributed by atoms with Gasteiger partial charge in [0.05, 0.1) is 22.9 Å². The zero-order valence-electron chi connectivity index (χ0n) is 10.6. The predicted molar refractivity (Wildman–Crippen MR) is 74.4 cm³/mol. The first-order valence-corrected chi connectivity index (χ1v) is 5.96. The van der Waals surface area contributed by atoms with Crippen molar-refractivity contribution in [2.24, 2.45) is 0 Å². The number of anilines is 1. The third-order valence-corrected chi connectivity index (χ3v) is 2.86. The summed E-state index contributed by atoms with van der Waals surface area (Å²) in [5.41, 5.74) is 4.27. The number of aryl methyl sites for hydroxylation is 1. The first-order valence-electron chi connectivity index (χ1n) is 5.96. The molecule has 2 rings (SSSR count). The van der Waals surface area contributed by atoms with E-state index in [0.717, 1.165) is 16.8 Å². The van der Waals surface area contributed by atoms with Gasteiger partial charge in [0.15, 0.2) is 0 Å². The number of nitrogens with one attached hydrogen (secondary N) is 1. The minimum absolute atomic E-state index is 0.628. The van der Waals surface area contributed by atoms with E-state index in [-0.39, 0.29) is 0 Å². The van der Waals surface area contributed by atoms with E-state index >= 15 is 0 Å². The van der Waals surface area contributed by atoms with Gasteiger partial charge in [0.2, 0.25) is 0 Å². The Morgan fingerprint density at radius 1 is 1.00 bits per heavy atom. The van der Waals surface area contributed by atoms with E-state index < -0.39 is 0 Å². The van der Waals surface area contributed by atoms with Gasteiger partial charge >= 0.3 is 0 Å². The zero-order valence-corrected chi connectivity index (χ0v) is 10.6. The molecule has 0 fully saturated rings. The number of rotatable bonds is 3. The van der Waals surface area contributed by atoms with Crippen LogP contribution in [0.3, 0.4) is 0 Å². The Labute approximate surface area is 112 Å². The van der Waals surface area contributed by atoms with Crippen LogP contribution < -0.4 is 5.32 Å². The lowest BCUT2D eigenvalue weighted by Gasteiger charge is -2.09. The van der Waals surface area contributed by atoms with Crippen molar-refractivity contribution in [2.75, 3.05) is 5.32 Å². The number of nitrogens with zero attached hydrogens (tertiary/aromatic N) is 2. The number of benzene rings is 2. The second-order valence-corrected chi connectivity index (χ2v) is 4.32. The van der Waals surface area contributed by atoms with E-state index in [9.17, 15) is 0 Å². The van der Waals surface area contributed by atoms with E-state index in [0.29, 0.717) is 17.7 Å². The molecule has 92 valence electrons. The quantitative estimate of drug-likeness (QED) is 0.904. The van der Waals surface area contributed by atoms with Gasteiger partial charge in [0, 0.05) is 6.54 Å². The summed E-state index contributed by atoms with van der Waals surface area (Å²) in [6.45, 7) is 2.59. The van der Waals surface area contributed by atoms with Gasteiger partial charge in [-0.3, -0.25) is 0 Å². The van der Waals surface area contributed by atoms with Gasteiger partial charge in [-0.25, -0.2) is 0 Å². The molecule has 2 aromatic rings. The molecule has 0 aliphatic heterocycles. The lowest BCUT2D eigenvalue weighted by atomic mass is 10.1. The highest BCUT2D eigenvalue weighted by molar-refractivity contribution is 5.58. The molecular weight excluding hydrogens is 234 g/mol. The lowest BCUT2D eigenvalue weighted by Crippen LogP contribution is -2.01. The molecule has 0 aliphatic rings. The van der Waals surface area contributed by atoms with E-state index in [2.05, 4.69) is 17.5 Å². The molecule has 0 unspecified atom stereocenters. The summed E-state index contributed by atoms with van der Waals surface area (Å²) in [6.07, 6.45) is 0. The van der Waals surface area contributed by atoms with Crippen molar-refractivity contribution in [3.05, 3.63) is 64.7 Å². The monoisotopic (exact) mass is 247 g/mol. The number of hydrogen-bond acceptors (Lipinski definition) is 3. The van der Waals surface area contributed by atoms with Crippen LogP contribution >= 0.6 is 0 Å². The fraction of sp³-hybridized carbons (Fsp3) is 0.125. The SMILES string of the molecule is Cc1ccc(NCc2ccc(C#N)cc2)c(C#N)c1. The molecule has 2 aromatic carbocycles. The highest BCUT2D eigenvalue weighted by Gasteiger charge is 2.02. The molecule has 19 heavy (non-hydrogen) atoms. The Kier molecular flexibility index (Phi) is 3.81. The molecule has 0 spiro atoms. The molecule has 0 atom stereocenters. The molecule has 0 saturated carbocycles. The average Bonchev–Trinajstić information content (AvgIpc) is 2.46. The second-order valence-electron chi connectivity index (χ2n) is 4.32. The van der Waals surface area contributed by atoms with Crippen LogP contribution in [0.5, 0.6) is 0 Å². The fourth-order valence-corrected chi connectivity index (χ4v) is 1.80. The summed E-state index contributed by atoms with van der Waals surface area (Å²) >= 11 is 0. The summed E-state index contributed by atoms with van der Waals surface area (Å²) in [4.78, 5) is 0. The molecule has 0 amide bonds. The molecular formula is C16H13N3. The van der Waals surface area contributed by atoms with Crippen LogP contribution in [0.1, 0.15) is 22.3 Å². The van der Waals surface area contributed by atoms with Crippen molar-refractivity contribution >= 4 is 5.69 Å². The zero-order chi connectivity index (χ0) is 13.7. The van der Waals surface area contributed by atoms with Gasteiger partial charge in [-0.05, 0) is 42.3 Å². The highest BCUT2D eigenvalue weighted by atomic mass is 14.9. The molecule has 0 aliphatic carbocycles. The van der Waals surface area contributed by atoms with Crippen molar-refractivity contribution in [1.82, 2.24) is 0 Å². The van der Waals surface area contributed by atoms with Crippen LogP contribution in [0.25, 0.3) is 0 Å². The van der Waals surface area contributed by atoms with Gasteiger partial charge in [-0.2, -0.15) is 10.5 Å². The maximum absolute atomic E-state index is 9.08. The standard InChI is InChI=1S/C16H13N3/c1-12-2-7-16(15(8-12)10-18)19-11-14-5-3-13(9-17)4-6-14/h2-8,19H,11H2,1H3. The largest absolute Gasteiger partial charge is 0.380 e. The van der Waals surface area contributed by atoms with E-state index in [1.165, 1.54) is 0 Å². The van der Waals surface area contributed by atoms with Crippen molar-refractivity contribution in [1.29, 1.82) is 10.5 Å². The van der Waals surface area contributed by atoms with Crippen LogP contribution in [0.15, 0.2) is 42.5 Å². The normalized spacial score (nSPS) is 9.42. The molecule has 1 N–H and O–H groups in total. The topological polar surface area (TPSA) is 59.6 Å². The Morgan fingerprint density at radius 2 is 1.74 bits per heavy atom. The highest BCUT2D eigenvalue weighted by Crippen LogP contribution is 2.17. The van der Waals surface area contributed by atoms with E-state index in [1.54, 1.807) is 12.1 Å². The minimum atomic E-state index is 0.628. The Hall–Kier alpha value is -2.78. The first kappa shape index (κ1) is 12.7. The van der Waals surface area contributed by atoms with Crippen LogP contribution in [0, 0.1) is 29.6 Å². The number of hydrogen-bond donors (Lipinski definition) is 1. The second kappa shape index (κ2) is 5.71. The maximum atomic E-state index is 9.08. The smallest absolute Gasteiger partial charge is 0.101 e.